The lowest BCUT2D eigenvalue weighted by molar-refractivity contribution is -0.148. The molecule has 1 aliphatic heterocycles. The van der Waals surface area contributed by atoms with E-state index in [1.807, 2.05) is 0 Å². The molecule has 1 aliphatic rings. The van der Waals surface area contributed by atoms with Crippen LogP contribution >= 0.6 is 19.6 Å². The van der Waals surface area contributed by atoms with Crippen LogP contribution < -0.4 is 5.43 Å². The molecule has 1 rings (SSSR count). The van der Waals surface area contributed by atoms with Crippen LogP contribution in [0.1, 0.15) is 0 Å². The topological polar surface area (TPSA) is 85.3 Å². The number of halogens is 1. The minimum Gasteiger partial charge on any atom is -0.301 e. The SMILES string of the molecule is O=P(O)(O)ON1C=CNN1Cl. The number of phosphoric acid groups is 1. The summed E-state index contributed by atoms with van der Waals surface area (Å²) in [6, 6.07) is 0. The predicted octanol–water partition coefficient (Wildman–Crippen LogP) is -0.327. The number of hydroxylamine groups is 1. The maximum Gasteiger partial charge on any atom is 0.492 e. The first-order chi connectivity index (χ1) is 4.99. The van der Waals surface area contributed by atoms with Crippen molar-refractivity contribution in [1.29, 1.82) is 0 Å². The van der Waals surface area contributed by atoms with Crippen molar-refractivity contribution >= 4 is 19.6 Å². The van der Waals surface area contributed by atoms with E-state index in [2.05, 4.69) is 10.1 Å². The largest absolute Gasteiger partial charge is 0.492 e. The molecule has 0 saturated carbocycles. The highest BCUT2D eigenvalue weighted by Gasteiger charge is 2.24. The van der Waals surface area contributed by atoms with Gasteiger partial charge in [0, 0.05) is 18.0 Å². The van der Waals surface area contributed by atoms with Crippen LogP contribution in [0.15, 0.2) is 12.4 Å². The Morgan fingerprint density at radius 2 is 2.27 bits per heavy atom. The summed E-state index contributed by atoms with van der Waals surface area (Å²) in [7, 11) is -4.54. The molecule has 0 aliphatic carbocycles. The monoisotopic (exact) mass is 201 g/mol. The van der Waals surface area contributed by atoms with E-state index < -0.39 is 7.82 Å². The van der Waals surface area contributed by atoms with Gasteiger partial charge in [0.15, 0.2) is 0 Å². The van der Waals surface area contributed by atoms with E-state index in [4.69, 9.17) is 21.6 Å². The van der Waals surface area contributed by atoms with Gasteiger partial charge in [-0.1, -0.05) is 0 Å². The first-order valence-corrected chi connectivity index (χ1v) is 4.29. The number of nitrogens with zero attached hydrogens (tertiary/aromatic N) is 2. The van der Waals surface area contributed by atoms with Crippen molar-refractivity contribution < 1.29 is 19.0 Å². The molecule has 0 bridgehead atoms. The van der Waals surface area contributed by atoms with Gasteiger partial charge in [0.1, 0.15) is 0 Å². The van der Waals surface area contributed by atoms with Crippen LogP contribution in [0.2, 0.25) is 0 Å². The van der Waals surface area contributed by atoms with Crippen molar-refractivity contribution in [1.82, 2.24) is 15.2 Å². The Bertz CT molecular complexity index is 215. The average molecular weight is 202 g/mol. The fourth-order valence-electron chi connectivity index (χ4n) is 0.442. The molecule has 64 valence electrons. The van der Waals surface area contributed by atoms with Crippen molar-refractivity contribution in [3.05, 3.63) is 12.4 Å². The summed E-state index contributed by atoms with van der Waals surface area (Å²) in [5.74, 6) is 0. The van der Waals surface area contributed by atoms with Gasteiger partial charge in [0.25, 0.3) is 0 Å². The minimum atomic E-state index is -4.54. The van der Waals surface area contributed by atoms with Crippen LogP contribution in [-0.4, -0.2) is 19.6 Å². The Kier molecular flexibility index (Phi) is 2.38. The van der Waals surface area contributed by atoms with Crippen molar-refractivity contribution in [3.8, 4) is 0 Å². The summed E-state index contributed by atoms with van der Waals surface area (Å²) in [4.78, 5) is 16.6. The highest BCUT2D eigenvalue weighted by atomic mass is 35.5. The van der Waals surface area contributed by atoms with E-state index in [1.54, 1.807) is 0 Å². The highest BCUT2D eigenvalue weighted by Crippen LogP contribution is 2.38. The molecule has 3 N–H and O–H groups in total. The lowest BCUT2D eigenvalue weighted by atomic mass is 11.0. The summed E-state index contributed by atoms with van der Waals surface area (Å²) >= 11 is 5.30. The van der Waals surface area contributed by atoms with Crippen molar-refractivity contribution in [3.63, 3.8) is 0 Å². The Labute approximate surface area is 67.0 Å². The van der Waals surface area contributed by atoms with Crippen LogP contribution in [0.5, 0.6) is 0 Å². The number of hydrogen-bond donors (Lipinski definition) is 3. The number of rotatable bonds is 2. The first kappa shape index (κ1) is 8.79. The van der Waals surface area contributed by atoms with E-state index in [-0.39, 0.29) is 0 Å². The zero-order chi connectivity index (χ0) is 8.48. The summed E-state index contributed by atoms with van der Waals surface area (Å²) in [5, 5.41) is 0.655. The van der Waals surface area contributed by atoms with Gasteiger partial charge < -0.3 is 9.79 Å². The fraction of sp³-hybridized carbons (Fsp3) is 0. The second-order valence-electron chi connectivity index (χ2n) is 1.58. The zero-order valence-corrected chi connectivity index (χ0v) is 6.74. The number of hydrogen-bond acceptors (Lipinski definition) is 5. The summed E-state index contributed by atoms with van der Waals surface area (Å²) in [5.41, 5.74) is 2.37. The first-order valence-electron chi connectivity index (χ1n) is 2.42. The second kappa shape index (κ2) is 2.98. The summed E-state index contributed by atoms with van der Waals surface area (Å²) in [6.07, 6.45) is 2.54. The molecule has 0 fully saturated rings. The highest BCUT2D eigenvalue weighted by molar-refractivity contribution is 7.46. The predicted molar refractivity (Wildman–Crippen MR) is 34.9 cm³/mol. The number of nitrogens with one attached hydrogen (secondary N) is 1. The quantitative estimate of drug-likeness (QED) is 0.417. The van der Waals surface area contributed by atoms with Crippen LogP contribution in [-0.2, 0) is 9.19 Å². The smallest absolute Gasteiger partial charge is 0.301 e. The summed E-state index contributed by atoms with van der Waals surface area (Å²) in [6.45, 7) is 0. The Balaban J connectivity index is 2.50. The molecule has 9 heteroatoms. The van der Waals surface area contributed by atoms with Crippen molar-refractivity contribution in [2.24, 2.45) is 0 Å². The molecule has 0 amide bonds. The standard InChI is InChI=1S/C2H5ClN3O4P/c3-6-4-1-2-5(6)10-11(7,8)9/h1-2,4H,(H2,7,8,9). The van der Waals surface area contributed by atoms with Gasteiger partial charge in [-0.25, -0.2) is 4.57 Å². The van der Waals surface area contributed by atoms with Gasteiger partial charge in [-0.05, 0) is 4.64 Å². The van der Waals surface area contributed by atoms with Crippen molar-refractivity contribution in [2.45, 2.75) is 0 Å². The van der Waals surface area contributed by atoms with Crippen LogP contribution in [0, 0.1) is 0 Å². The van der Waals surface area contributed by atoms with Gasteiger partial charge in [-0.3, -0.25) is 5.43 Å². The molecule has 0 saturated heterocycles. The van der Waals surface area contributed by atoms with Gasteiger partial charge in [-0.2, -0.15) is 0 Å². The molecule has 0 spiro atoms. The van der Waals surface area contributed by atoms with E-state index >= 15 is 0 Å². The van der Waals surface area contributed by atoms with Crippen molar-refractivity contribution in [2.75, 3.05) is 0 Å². The Morgan fingerprint density at radius 1 is 1.64 bits per heavy atom. The molecular formula is C2H5ClN3O4P. The average Bonchev–Trinajstić information content (AvgIpc) is 2.12. The maximum absolute atomic E-state index is 10.2. The lowest BCUT2D eigenvalue weighted by Crippen LogP contribution is -2.32. The molecular weight excluding hydrogens is 196 g/mol. The third-order valence-corrected chi connectivity index (χ3v) is 1.37. The molecule has 0 radical (unpaired) electrons. The maximum atomic E-state index is 10.2. The van der Waals surface area contributed by atoms with E-state index in [9.17, 15) is 4.57 Å². The minimum absolute atomic E-state index is 0.655. The third kappa shape index (κ3) is 2.66. The summed E-state index contributed by atoms with van der Waals surface area (Å²) < 4.78 is 15.0. The molecule has 1 heterocycles. The van der Waals surface area contributed by atoms with Crippen LogP contribution in [0.4, 0.5) is 0 Å². The van der Waals surface area contributed by atoms with E-state index in [0.717, 1.165) is 4.64 Å². The van der Waals surface area contributed by atoms with Crippen LogP contribution in [0.3, 0.4) is 0 Å². The second-order valence-corrected chi connectivity index (χ2v) is 3.04. The van der Waals surface area contributed by atoms with Gasteiger partial charge >= 0.3 is 7.82 Å². The molecule has 0 unspecified atom stereocenters. The lowest BCUT2D eigenvalue weighted by Gasteiger charge is -2.19. The molecule has 11 heavy (non-hydrogen) atoms. The molecule has 0 aromatic carbocycles. The zero-order valence-electron chi connectivity index (χ0n) is 5.09. The molecule has 0 aromatic heterocycles. The van der Waals surface area contributed by atoms with E-state index in [1.165, 1.54) is 12.4 Å². The Morgan fingerprint density at radius 3 is 2.64 bits per heavy atom. The van der Waals surface area contributed by atoms with Gasteiger partial charge in [0.05, 0.1) is 6.20 Å². The van der Waals surface area contributed by atoms with Gasteiger partial charge in [0.2, 0.25) is 0 Å². The third-order valence-electron chi connectivity index (χ3n) is 0.746. The Hall–Kier alpha value is -0.300. The number of hydrazine groups is 2. The van der Waals surface area contributed by atoms with E-state index in [0.29, 0.717) is 5.17 Å². The molecule has 0 atom stereocenters. The molecule has 7 nitrogen and oxygen atoms in total. The van der Waals surface area contributed by atoms with Gasteiger partial charge in [-0.15, -0.1) is 9.80 Å². The molecule has 0 aromatic rings. The normalized spacial score (nSPS) is 19.0. The fourth-order valence-corrected chi connectivity index (χ4v) is 0.968. The van der Waals surface area contributed by atoms with Crippen LogP contribution in [0.25, 0.3) is 0 Å².